The Bertz CT molecular complexity index is 599. The first kappa shape index (κ1) is 14.2. The first-order chi connectivity index (χ1) is 10.3. The number of para-hydroxylation sites is 1. The average molecular weight is 289 g/mol. The molecule has 0 aliphatic carbocycles. The molecule has 1 aromatic carbocycles. The van der Waals surface area contributed by atoms with Crippen LogP contribution < -0.4 is 0 Å². The number of ether oxygens (including phenoxy) is 1. The Morgan fingerprint density at radius 2 is 2.24 bits per heavy atom. The van der Waals surface area contributed by atoms with Crippen LogP contribution in [0.4, 0.5) is 4.39 Å². The maximum atomic E-state index is 13.7. The molecule has 1 fully saturated rings. The van der Waals surface area contributed by atoms with E-state index in [2.05, 4.69) is 10.00 Å². The molecule has 1 saturated heterocycles. The minimum atomic E-state index is -0.256. The number of nitrogens with zero attached hydrogens (tertiary/aromatic N) is 3. The van der Waals surface area contributed by atoms with Gasteiger partial charge in [0.05, 0.1) is 12.8 Å². The zero-order valence-corrected chi connectivity index (χ0v) is 12.2. The van der Waals surface area contributed by atoms with Crippen molar-refractivity contribution in [2.75, 3.05) is 26.8 Å². The van der Waals surface area contributed by atoms with Crippen molar-refractivity contribution in [3.8, 4) is 5.69 Å². The van der Waals surface area contributed by atoms with Crippen LogP contribution in [0.3, 0.4) is 0 Å². The third kappa shape index (κ3) is 3.31. The second-order valence-electron chi connectivity index (χ2n) is 5.59. The van der Waals surface area contributed by atoms with Crippen molar-refractivity contribution in [1.29, 1.82) is 0 Å². The minimum absolute atomic E-state index is 0.256. The standard InChI is InChI=1S/C16H20FN3O/c1-21-12-13-6-7-19(9-13)10-14-8-18-20(11-14)16-5-3-2-4-15(16)17/h2-5,8,11,13H,6-7,9-10,12H2,1H3/t13-/m1/s1. The number of aromatic nitrogens is 2. The van der Waals surface area contributed by atoms with Gasteiger partial charge in [-0.3, -0.25) is 4.90 Å². The van der Waals surface area contributed by atoms with Crippen LogP contribution in [0.15, 0.2) is 36.7 Å². The Labute approximate surface area is 124 Å². The number of likely N-dealkylation sites (tertiary alicyclic amines) is 1. The smallest absolute Gasteiger partial charge is 0.148 e. The van der Waals surface area contributed by atoms with Crippen LogP contribution in [0.5, 0.6) is 0 Å². The molecule has 2 aromatic rings. The predicted octanol–water partition coefficient (Wildman–Crippen LogP) is 2.48. The number of rotatable bonds is 5. The van der Waals surface area contributed by atoms with E-state index in [0.717, 1.165) is 31.8 Å². The Balaban J connectivity index is 1.65. The van der Waals surface area contributed by atoms with Gasteiger partial charge in [0.15, 0.2) is 0 Å². The summed E-state index contributed by atoms with van der Waals surface area (Å²) in [6.07, 6.45) is 4.90. The van der Waals surface area contributed by atoms with Gasteiger partial charge < -0.3 is 4.74 Å². The van der Waals surface area contributed by atoms with Gasteiger partial charge in [-0.1, -0.05) is 12.1 Å². The van der Waals surface area contributed by atoms with E-state index in [1.54, 1.807) is 23.9 Å². The van der Waals surface area contributed by atoms with Crippen molar-refractivity contribution in [3.63, 3.8) is 0 Å². The van der Waals surface area contributed by atoms with Crippen molar-refractivity contribution >= 4 is 0 Å². The van der Waals surface area contributed by atoms with Gasteiger partial charge >= 0.3 is 0 Å². The number of halogens is 1. The SMILES string of the molecule is COC[C@@H]1CCN(Cc2cnn(-c3ccccc3F)c2)C1. The zero-order valence-electron chi connectivity index (χ0n) is 12.2. The second kappa shape index (κ2) is 6.37. The van der Waals surface area contributed by atoms with Gasteiger partial charge in [0.1, 0.15) is 11.5 Å². The lowest BCUT2D eigenvalue weighted by Gasteiger charge is -2.14. The molecule has 0 radical (unpaired) electrons. The molecule has 1 aliphatic heterocycles. The van der Waals surface area contributed by atoms with E-state index < -0.39 is 0 Å². The number of hydrogen-bond donors (Lipinski definition) is 0. The highest BCUT2D eigenvalue weighted by atomic mass is 19.1. The first-order valence-electron chi connectivity index (χ1n) is 7.26. The van der Waals surface area contributed by atoms with Crippen molar-refractivity contribution in [1.82, 2.24) is 14.7 Å². The normalized spacial score (nSPS) is 19.2. The maximum Gasteiger partial charge on any atom is 0.148 e. The molecule has 3 rings (SSSR count). The number of methoxy groups -OCH3 is 1. The molecular formula is C16H20FN3O. The molecule has 0 bridgehead atoms. The molecular weight excluding hydrogens is 269 g/mol. The highest BCUT2D eigenvalue weighted by Gasteiger charge is 2.22. The van der Waals surface area contributed by atoms with Crippen LogP contribution in [0.1, 0.15) is 12.0 Å². The fourth-order valence-electron chi connectivity index (χ4n) is 2.90. The summed E-state index contributed by atoms with van der Waals surface area (Å²) in [5.41, 5.74) is 1.60. The highest BCUT2D eigenvalue weighted by molar-refractivity contribution is 5.32. The summed E-state index contributed by atoms with van der Waals surface area (Å²) in [4.78, 5) is 2.40. The van der Waals surface area contributed by atoms with E-state index in [1.807, 2.05) is 18.5 Å². The quantitative estimate of drug-likeness (QED) is 0.847. The molecule has 0 unspecified atom stereocenters. The molecule has 5 heteroatoms. The fourth-order valence-corrected chi connectivity index (χ4v) is 2.90. The van der Waals surface area contributed by atoms with E-state index >= 15 is 0 Å². The second-order valence-corrected chi connectivity index (χ2v) is 5.59. The summed E-state index contributed by atoms with van der Waals surface area (Å²) in [6.45, 7) is 3.82. The van der Waals surface area contributed by atoms with Crippen molar-refractivity contribution in [3.05, 3.63) is 48.0 Å². The molecule has 1 aromatic heterocycles. The largest absolute Gasteiger partial charge is 0.384 e. The molecule has 0 spiro atoms. The number of benzene rings is 1. The molecule has 21 heavy (non-hydrogen) atoms. The first-order valence-corrected chi connectivity index (χ1v) is 7.26. The summed E-state index contributed by atoms with van der Waals surface area (Å²) < 4.78 is 20.6. The van der Waals surface area contributed by atoms with Gasteiger partial charge in [-0.15, -0.1) is 0 Å². The van der Waals surface area contributed by atoms with E-state index in [4.69, 9.17) is 4.74 Å². The van der Waals surface area contributed by atoms with Crippen LogP contribution in [0.2, 0.25) is 0 Å². The lowest BCUT2D eigenvalue weighted by atomic mass is 10.1. The fraction of sp³-hybridized carbons (Fsp3) is 0.438. The molecule has 4 nitrogen and oxygen atoms in total. The van der Waals surface area contributed by atoms with E-state index in [-0.39, 0.29) is 5.82 Å². The summed E-state index contributed by atoms with van der Waals surface area (Å²) in [6, 6.07) is 6.68. The van der Waals surface area contributed by atoms with Crippen LogP contribution in [0.25, 0.3) is 5.69 Å². The van der Waals surface area contributed by atoms with Gasteiger partial charge in [-0.25, -0.2) is 9.07 Å². The Hall–Kier alpha value is -1.72. The molecule has 2 heterocycles. The van der Waals surface area contributed by atoms with Crippen LogP contribution in [-0.4, -0.2) is 41.5 Å². The topological polar surface area (TPSA) is 30.3 Å². The predicted molar refractivity (Wildman–Crippen MR) is 78.8 cm³/mol. The van der Waals surface area contributed by atoms with Gasteiger partial charge in [0.2, 0.25) is 0 Å². The Morgan fingerprint density at radius 1 is 1.38 bits per heavy atom. The summed E-state index contributed by atoms with van der Waals surface area (Å²) in [5.74, 6) is 0.366. The summed E-state index contributed by atoms with van der Waals surface area (Å²) in [7, 11) is 1.75. The van der Waals surface area contributed by atoms with Gasteiger partial charge in [-0.2, -0.15) is 5.10 Å². The maximum absolute atomic E-state index is 13.7. The van der Waals surface area contributed by atoms with Crippen LogP contribution in [0, 0.1) is 11.7 Å². The molecule has 112 valence electrons. The third-order valence-corrected chi connectivity index (χ3v) is 3.91. The monoisotopic (exact) mass is 289 g/mol. The molecule has 1 aliphatic rings. The van der Waals surface area contributed by atoms with Crippen LogP contribution >= 0.6 is 0 Å². The number of hydrogen-bond acceptors (Lipinski definition) is 3. The molecule has 0 N–H and O–H groups in total. The van der Waals surface area contributed by atoms with E-state index in [9.17, 15) is 4.39 Å². The summed E-state index contributed by atoms with van der Waals surface area (Å²) in [5, 5.41) is 4.27. The highest BCUT2D eigenvalue weighted by Crippen LogP contribution is 2.19. The molecule has 1 atom stereocenters. The van der Waals surface area contributed by atoms with Crippen molar-refractivity contribution in [2.45, 2.75) is 13.0 Å². The van der Waals surface area contributed by atoms with Gasteiger partial charge in [0.25, 0.3) is 0 Å². The Morgan fingerprint density at radius 3 is 3.05 bits per heavy atom. The minimum Gasteiger partial charge on any atom is -0.384 e. The van der Waals surface area contributed by atoms with E-state index in [1.165, 1.54) is 12.5 Å². The molecule has 0 amide bonds. The zero-order chi connectivity index (χ0) is 14.7. The van der Waals surface area contributed by atoms with Crippen molar-refractivity contribution < 1.29 is 9.13 Å². The third-order valence-electron chi connectivity index (χ3n) is 3.91. The lowest BCUT2D eigenvalue weighted by Crippen LogP contribution is -2.21. The van der Waals surface area contributed by atoms with E-state index in [0.29, 0.717) is 11.6 Å². The van der Waals surface area contributed by atoms with Gasteiger partial charge in [-0.05, 0) is 31.0 Å². The van der Waals surface area contributed by atoms with Crippen molar-refractivity contribution in [2.24, 2.45) is 5.92 Å². The molecule has 0 saturated carbocycles. The average Bonchev–Trinajstić information content (AvgIpc) is 3.10. The van der Waals surface area contributed by atoms with Crippen LogP contribution in [-0.2, 0) is 11.3 Å². The Kier molecular flexibility index (Phi) is 4.31. The summed E-state index contributed by atoms with van der Waals surface area (Å²) >= 11 is 0. The van der Waals surface area contributed by atoms with Gasteiger partial charge in [0, 0.05) is 32.0 Å². The lowest BCUT2D eigenvalue weighted by molar-refractivity contribution is 0.152.